The lowest BCUT2D eigenvalue weighted by molar-refractivity contribution is 0.771. The van der Waals surface area contributed by atoms with Gasteiger partial charge in [-0.3, -0.25) is 0 Å². The second kappa shape index (κ2) is 2.64. The van der Waals surface area contributed by atoms with Crippen LogP contribution in [-0.4, -0.2) is 4.57 Å². The summed E-state index contributed by atoms with van der Waals surface area (Å²) in [6, 6.07) is 12.7. The molecule has 0 amide bonds. The van der Waals surface area contributed by atoms with Gasteiger partial charge < -0.3 is 9.88 Å². The number of anilines is 2. The van der Waals surface area contributed by atoms with E-state index >= 15 is 0 Å². The Morgan fingerprint density at radius 3 is 2.93 bits per heavy atom. The van der Waals surface area contributed by atoms with Crippen molar-refractivity contribution in [2.75, 3.05) is 5.32 Å². The van der Waals surface area contributed by atoms with Crippen LogP contribution in [0.4, 0.5) is 11.5 Å². The molecular formula is C12H12N2. The van der Waals surface area contributed by atoms with Gasteiger partial charge in [-0.15, -0.1) is 0 Å². The highest BCUT2D eigenvalue weighted by molar-refractivity contribution is 5.64. The number of rotatable bonds is 0. The van der Waals surface area contributed by atoms with Crippen molar-refractivity contribution in [3.8, 4) is 0 Å². The fourth-order valence-corrected chi connectivity index (χ4v) is 1.98. The van der Waals surface area contributed by atoms with Gasteiger partial charge >= 0.3 is 0 Å². The van der Waals surface area contributed by atoms with Crippen molar-refractivity contribution >= 4 is 11.5 Å². The average Bonchev–Trinajstić information content (AvgIpc) is 2.57. The standard InChI is InChI=1S/C12H12N2/c1-9-6-7-12-13-11-5-3-2-4-10(11)8-14(9)12/h2-7,13H,8H2,1H3. The first-order chi connectivity index (χ1) is 6.84. The van der Waals surface area contributed by atoms with Gasteiger partial charge in [-0.2, -0.15) is 0 Å². The molecule has 14 heavy (non-hydrogen) atoms. The minimum atomic E-state index is 0.983. The van der Waals surface area contributed by atoms with Crippen LogP contribution in [0, 0.1) is 6.92 Å². The van der Waals surface area contributed by atoms with Gasteiger partial charge in [0.15, 0.2) is 0 Å². The molecule has 0 fully saturated rings. The Bertz CT molecular complexity index is 483. The van der Waals surface area contributed by atoms with Gasteiger partial charge in [0.1, 0.15) is 5.82 Å². The highest BCUT2D eigenvalue weighted by atomic mass is 15.1. The number of para-hydroxylation sites is 1. The molecule has 0 saturated heterocycles. The van der Waals surface area contributed by atoms with Crippen LogP contribution in [0.5, 0.6) is 0 Å². The largest absolute Gasteiger partial charge is 0.341 e. The molecule has 1 aliphatic rings. The minimum Gasteiger partial charge on any atom is -0.341 e. The van der Waals surface area contributed by atoms with Crippen LogP contribution in [0.1, 0.15) is 11.3 Å². The number of fused-ring (bicyclic) bond motifs is 2. The Morgan fingerprint density at radius 1 is 1.14 bits per heavy atom. The molecule has 2 nitrogen and oxygen atoms in total. The molecule has 1 aromatic carbocycles. The zero-order chi connectivity index (χ0) is 9.54. The number of nitrogens with zero attached hydrogens (tertiary/aromatic N) is 1. The Morgan fingerprint density at radius 2 is 2.00 bits per heavy atom. The zero-order valence-corrected chi connectivity index (χ0v) is 8.12. The summed E-state index contributed by atoms with van der Waals surface area (Å²) in [5.41, 5.74) is 3.90. The van der Waals surface area contributed by atoms with Crippen molar-refractivity contribution in [3.63, 3.8) is 0 Å². The van der Waals surface area contributed by atoms with E-state index in [1.807, 2.05) is 0 Å². The first kappa shape index (κ1) is 7.68. The van der Waals surface area contributed by atoms with Crippen molar-refractivity contribution in [1.29, 1.82) is 0 Å². The first-order valence-corrected chi connectivity index (χ1v) is 4.86. The molecular weight excluding hydrogens is 172 g/mol. The van der Waals surface area contributed by atoms with Crippen molar-refractivity contribution in [1.82, 2.24) is 4.57 Å². The van der Waals surface area contributed by atoms with Crippen molar-refractivity contribution < 1.29 is 0 Å². The topological polar surface area (TPSA) is 17.0 Å². The van der Waals surface area contributed by atoms with E-state index in [9.17, 15) is 0 Å². The molecule has 0 atom stereocenters. The highest BCUT2D eigenvalue weighted by Crippen LogP contribution is 2.29. The molecule has 2 heterocycles. The molecule has 2 aromatic rings. The minimum absolute atomic E-state index is 0.983. The van der Waals surface area contributed by atoms with Gasteiger partial charge in [0.25, 0.3) is 0 Å². The number of benzene rings is 1. The molecule has 70 valence electrons. The smallest absolute Gasteiger partial charge is 0.110 e. The summed E-state index contributed by atoms with van der Waals surface area (Å²) < 4.78 is 2.29. The van der Waals surface area contributed by atoms with Gasteiger partial charge in [-0.1, -0.05) is 18.2 Å². The van der Waals surface area contributed by atoms with E-state index in [0.717, 1.165) is 6.54 Å². The van der Waals surface area contributed by atoms with Crippen LogP contribution in [0.25, 0.3) is 0 Å². The second-order valence-electron chi connectivity index (χ2n) is 3.73. The van der Waals surface area contributed by atoms with E-state index in [1.165, 1.54) is 22.8 Å². The van der Waals surface area contributed by atoms with Crippen LogP contribution < -0.4 is 5.32 Å². The molecule has 0 unspecified atom stereocenters. The van der Waals surface area contributed by atoms with Crippen LogP contribution >= 0.6 is 0 Å². The van der Waals surface area contributed by atoms with E-state index < -0.39 is 0 Å². The van der Waals surface area contributed by atoms with Gasteiger partial charge in [0.2, 0.25) is 0 Å². The summed E-state index contributed by atoms with van der Waals surface area (Å²) in [5, 5.41) is 3.42. The summed E-state index contributed by atoms with van der Waals surface area (Å²) in [7, 11) is 0. The third-order valence-corrected chi connectivity index (χ3v) is 2.81. The second-order valence-corrected chi connectivity index (χ2v) is 3.73. The predicted molar refractivity (Wildman–Crippen MR) is 58.0 cm³/mol. The first-order valence-electron chi connectivity index (χ1n) is 4.86. The van der Waals surface area contributed by atoms with E-state index in [4.69, 9.17) is 0 Å². The third-order valence-electron chi connectivity index (χ3n) is 2.81. The maximum atomic E-state index is 3.42. The Kier molecular flexibility index (Phi) is 1.45. The van der Waals surface area contributed by atoms with Crippen molar-refractivity contribution in [2.45, 2.75) is 13.5 Å². The van der Waals surface area contributed by atoms with E-state index in [2.05, 4.69) is 53.2 Å². The van der Waals surface area contributed by atoms with E-state index in [0.29, 0.717) is 0 Å². The Hall–Kier alpha value is -1.70. The molecule has 0 aliphatic carbocycles. The fourth-order valence-electron chi connectivity index (χ4n) is 1.98. The molecule has 0 bridgehead atoms. The lowest BCUT2D eigenvalue weighted by atomic mass is 10.1. The number of aromatic nitrogens is 1. The van der Waals surface area contributed by atoms with Crippen LogP contribution in [-0.2, 0) is 6.54 Å². The van der Waals surface area contributed by atoms with Crippen LogP contribution in [0.15, 0.2) is 36.4 Å². The number of aryl methyl sites for hydroxylation is 1. The molecule has 3 rings (SSSR count). The lowest BCUT2D eigenvalue weighted by Crippen LogP contribution is -2.13. The zero-order valence-electron chi connectivity index (χ0n) is 8.12. The maximum absolute atomic E-state index is 3.42. The molecule has 1 aromatic heterocycles. The number of hydrogen-bond acceptors (Lipinski definition) is 1. The quantitative estimate of drug-likeness (QED) is 0.568. The third kappa shape index (κ3) is 0.970. The highest BCUT2D eigenvalue weighted by Gasteiger charge is 2.13. The summed E-state index contributed by atoms with van der Waals surface area (Å²) in [6.45, 7) is 3.12. The van der Waals surface area contributed by atoms with E-state index in [1.54, 1.807) is 0 Å². The van der Waals surface area contributed by atoms with Gasteiger partial charge in [-0.25, -0.2) is 0 Å². The molecule has 1 aliphatic heterocycles. The van der Waals surface area contributed by atoms with Crippen molar-refractivity contribution in [2.24, 2.45) is 0 Å². The number of hydrogen-bond donors (Lipinski definition) is 1. The Labute approximate surface area is 83.2 Å². The summed E-state index contributed by atoms with van der Waals surface area (Å²) in [4.78, 5) is 0. The monoisotopic (exact) mass is 184 g/mol. The van der Waals surface area contributed by atoms with Gasteiger partial charge in [-0.05, 0) is 30.7 Å². The molecule has 2 heteroatoms. The summed E-state index contributed by atoms with van der Waals surface area (Å²) >= 11 is 0. The molecule has 0 radical (unpaired) electrons. The van der Waals surface area contributed by atoms with Gasteiger partial charge in [0.05, 0.1) is 6.54 Å². The average molecular weight is 184 g/mol. The predicted octanol–water partition coefficient (Wildman–Crippen LogP) is 2.90. The van der Waals surface area contributed by atoms with Crippen LogP contribution in [0.2, 0.25) is 0 Å². The summed E-state index contributed by atoms with van der Waals surface area (Å²) in [6.07, 6.45) is 0. The lowest BCUT2D eigenvalue weighted by Gasteiger charge is -2.21. The molecule has 0 saturated carbocycles. The normalized spacial score (nSPS) is 12.9. The molecule has 1 N–H and O–H groups in total. The van der Waals surface area contributed by atoms with E-state index in [-0.39, 0.29) is 0 Å². The summed E-state index contributed by atoms with van der Waals surface area (Å²) in [5.74, 6) is 1.20. The van der Waals surface area contributed by atoms with Gasteiger partial charge in [0, 0.05) is 11.4 Å². The maximum Gasteiger partial charge on any atom is 0.110 e. The SMILES string of the molecule is Cc1ccc2n1Cc1ccccc1N2. The fraction of sp³-hybridized carbons (Fsp3) is 0.167. The van der Waals surface area contributed by atoms with Crippen LogP contribution in [0.3, 0.4) is 0 Å². The molecule has 0 spiro atoms. The Balaban J connectivity index is 2.14. The number of nitrogens with one attached hydrogen (secondary N) is 1. The van der Waals surface area contributed by atoms with Crippen molar-refractivity contribution in [3.05, 3.63) is 47.7 Å².